The van der Waals surface area contributed by atoms with Crippen molar-refractivity contribution in [2.24, 2.45) is 0 Å². The van der Waals surface area contributed by atoms with Crippen LogP contribution in [0.3, 0.4) is 0 Å². The lowest BCUT2D eigenvalue weighted by atomic mass is 10.2. The van der Waals surface area contributed by atoms with Crippen LogP contribution in [0.5, 0.6) is 0 Å². The average Bonchev–Trinajstić information content (AvgIpc) is 3.37. The Morgan fingerprint density at radius 2 is 2.04 bits per heavy atom. The largest absolute Gasteiger partial charge is 0.327 e. The lowest BCUT2D eigenvalue weighted by Crippen LogP contribution is -2.31. The number of imidazole rings is 1. The van der Waals surface area contributed by atoms with E-state index in [9.17, 15) is 8.42 Å². The third-order valence-corrected chi connectivity index (χ3v) is 8.40. The molecule has 4 heterocycles. The van der Waals surface area contributed by atoms with Gasteiger partial charge >= 0.3 is 0 Å². The summed E-state index contributed by atoms with van der Waals surface area (Å²) in [6.07, 6.45) is 6.89. The molecule has 142 valence electrons. The molecule has 3 aromatic rings. The molecule has 1 aliphatic heterocycles. The van der Waals surface area contributed by atoms with Gasteiger partial charge < -0.3 is 4.57 Å². The number of aromatic nitrogens is 3. The normalized spacial score (nSPS) is 18.2. The number of hydrogen-bond donors (Lipinski definition) is 0. The summed E-state index contributed by atoms with van der Waals surface area (Å²) < 4.78 is 30.7. The van der Waals surface area contributed by atoms with Crippen molar-refractivity contribution in [2.45, 2.75) is 36.6 Å². The van der Waals surface area contributed by atoms with E-state index in [4.69, 9.17) is 11.6 Å². The summed E-state index contributed by atoms with van der Waals surface area (Å²) in [5, 5.41) is 0. The second-order valence-corrected chi connectivity index (χ2v) is 10.4. The van der Waals surface area contributed by atoms with Crippen LogP contribution in [0.15, 0.2) is 47.1 Å². The first-order valence-electron chi connectivity index (χ1n) is 8.65. The van der Waals surface area contributed by atoms with Gasteiger partial charge in [0.2, 0.25) is 0 Å². The molecular weight excluding hydrogens is 404 g/mol. The summed E-state index contributed by atoms with van der Waals surface area (Å²) in [6, 6.07) is 6.84. The van der Waals surface area contributed by atoms with Crippen LogP contribution in [-0.2, 0) is 16.6 Å². The minimum Gasteiger partial charge on any atom is -0.327 e. The molecular formula is C18H19ClN4O2S2. The first-order valence-corrected chi connectivity index (χ1v) is 11.3. The van der Waals surface area contributed by atoms with Crippen LogP contribution in [-0.4, -0.2) is 33.8 Å². The number of sulfonamides is 1. The van der Waals surface area contributed by atoms with Crippen molar-refractivity contribution >= 4 is 33.0 Å². The highest BCUT2D eigenvalue weighted by Gasteiger charge is 2.39. The molecule has 1 aliphatic rings. The molecule has 4 rings (SSSR count). The van der Waals surface area contributed by atoms with Gasteiger partial charge in [0.1, 0.15) is 10.0 Å². The van der Waals surface area contributed by atoms with Crippen LogP contribution in [0.25, 0.3) is 0 Å². The monoisotopic (exact) mass is 422 g/mol. The van der Waals surface area contributed by atoms with Crippen LogP contribution in [0, 0.1) is 6.92 Å². The zero-order chi connectivity index (χ0) is 19.0. The first-order chi connectivity index (χ1) is 13.0. The van der Waals surface area contributed by atoms with Gasteiger partial charge in [-0.3, -0.25) is 4.98 Å². The molecule has 0 N–H and O–H groups in total. The van der Waals surface area contributed by atoms with Crippen molar-refractivity contribution in [1.82, 2.24) is 18.8 Å². The van der Waals surface area contributed by atoms with E-state index in [1.807, 2.05) is 25.3 Å². The predicted octanol–water partition coefficient (Wildman–Crippen LogP) is 3.88. The molecule has 0 spiro atoms. The van der Waals surface area contributed by atoms with Gasteiger partial charge in [0, 0.05) is 37.4 Å². The smallest absolute Gasteiger partial charge is 0.253 e. The Labute approximate surface area is 167 Å². The second-order valence-electron chi connectivity index (χ2n) is 6.53. The van der Waals surface area contributed by atoms with Crippen molar-refractivity contribution in [3.63, 3.8) is 0 Å². The summed E-state index contributed by atoms with van der Waals surface area (Å²) in [5.41, 5.74) is 2.11. The highest BCUT2D eigenvalue weighted by molar-refractivity contribution is 7.91. The third kappa shape index (κ3) is 3.54. The number of pyridine rings is 1. The van der Waals surface area contributed by atoms with E-state index < -0.39 is 10.0 Å². The third-order valence-electron chi connectivity index (χ3n) is 4.79. The number of nitrogens with zero attached hydrogens (tertiary/aromatic N) is 4. The minimum atomic E-state index is -3.59. The Balaban J connectivity index is 1.69. The molecule has 0 aromatic carbocycles. The van der Waals surface area contributed by atoms with Crippen molar-refractivity contribution in [3.05, 3.63) is 64.3 Å². The molecule has 0 aliphatic carbocycles. The summed E-state index contributed by atoms with van der Waals surface area (Å²) in [6.45, 7) is 3.12. The average molecular weight is 423 g/mol. The molecule has 1 saturated heterocycles. The van der Waals surface area contributed by atoms with Crippen molar-refractivity contribution in [3.8, 4) is 0 Å². The molecule has 9 heteroatoms. The van der Waals surface area contributed by atoms with Gasteiger partial charge in [-0.1, -0.05) is 11.6 Å². The first kappa shape index (κ1) is 18.6. The maximum Gasteiger partial charge on any atom is 0.253 e. The van der Waals surface area contributed by atoms with Gasteiger partial charge in [-0.05, 0) is 49.6 Å². The number of halogens is 1. The molecule has 3 aromatic heterocycles. The number of thiophene rings is 1. The molecule has 0 radical (unpaired) electrons. The number of rotatable bonds is 5. The van der Waals surface area contributed by atoms with Crippen LogP contribution in [0.4, 0.5) is 0 Å². The summed E-state index contributed by atoms with van der Waals surface area (Å²) in [7, 11) is -3.59. The van der Waals surface area contributed by atoms with Gasteiger partial charge in [0.05, 0.1) is 10.4 Å². The molecule has 1 unspecified atom stereocenters. The summed E-state index contributed by atoms with van der Waals surface area (Å²) in [5.74, 6) is 0.785. The van der Waals surface area contributed by atoms with E-state index in [2.05, 4.69) is 14.5 Å². The lowest BCUT2D eigenvalue weighted by molar-refractivity contribution is 0.375. The van der Waals surface area contributed by atoms with E-state index in [0.29, 0.717) is 17.4 Å². The Bertz CT molecular complexity index is 1050. The fourth-order valence-corrected chi connectivity index (χ4v) is 6.73. The maximum atomic E-state index is 13.1. The maximum absolute atomic E-state index is 13.1. The van der Waals surface area contributed by atoms with Gasteiger partial charge in [-0.15, -0.1) is 11.3 Å². The van der Waals surface area contributed by atoms with Crippen molar-refractivity contribution < 1.29 is 8.42 Å². The molecule has 0 saturated carbocycles. The quantitative estimate of drug-likeness (QED) is 0.625. The van der Waals surface area contributed by atoms with E-state index >= 15 is 0 Å². The Kier molecular flexibility index (Phi) is 5.07. The van der Waals surface area contributed by atoms with Crippen LogP contribution < -0.4 is 0 Å². The number of hydrogen-bond acceptors (Lipinski definition) is 5. The topological polar surface area (TPSA) is 68.1 Å². The van der Waals surface area contributed by atoms with Crippen LogP contribution in [0.2, 0.25) is 4.34 Å². The minimum absolute atomic E-state index is 0.272. The zero-order valence-corrected chi connectivity index (χ0v) is 17.1. The highest BCUT2D eigenvalue weighted by Crippen LogP contribution is 2.38. The predicted molar refractivity (Wildman–Crippen MR) is 105 cm³/mol. The standard InChI is InChI=1S/C18H19ClN4O2S2/c1-13-11-21-18(22(13)12-14-6-8-20-9-7-14)15-3-2-10-23(15)27(24,25)17-5-4-16(19)26-17/h4-9,11,15H,2-3,10,12H2,1H3. The van der Waals surface area contributed by atoms with Gasteiger partial charge in [-0.25, -0.2) is 13.4 Å². The SMILES string of the molecule is Cc1cnc(C2CCCN2S(=O)(=O)c2ccc(Cl)s2)n1Cc1ccncc1. The molecule has 0 bridgehead atoms. The van der Waals surface area contributed by atoms with Gasteiger partial charge in [0.15, 0.2) is 0 Å². The molecule has 0 amide bonds. The van der Waals surface area contributed by atoms with Gasteiger partial charge in [-0.2, -0.15) is 4.31 Å². The molecule has 27 heavy (non-hydrogen) atoms. The fraction of sp³-hybridized carbons (Fsp3) is 0.333. The van der Waals surface area contributed by atoms with Crippen LogP contribution >= 0.6 is 22.9 Å². The molecule has 1 fully saturated rings. The molecule has 6 nitrogen and oxygen atoms in total. The van der Waals surface area contributed by atoms with E-state index in [1.54, 1.807) is 28.8 Å². The van der Waals surface area contributed by atoms with Crippen molar-refractivity contribution in [2.75, 3.05) is 6.54 Å². The molecule has 1 atom stereocenters. The van der Waals surface area contributed by atoms with Crippen molar-refractivity contribution in [1.29, 1.82) is 0 Å². The second kappa shape index (κ2) is 7.35. The number of aryl methyl sites for hydroxylation is 1. The lowest BCUT2D eigenvalue weighted by Gasteiger charge is -2.24. The van der Waals surface area contributed by atoms with E-state index in [1.165, 1.54) is 0 Å². The fourth-order valence-electron chi connectivity index (χ4n) is 3.46. The Morgan fingerprint density at radius 3 is 2.74 bits per heavy atom. The zero-order valence-electron chi connectivity index (χ0n) is 14.7. The van der Waals surface area contributed by atoms with Gasteiger partial charge in [0.25, 0.3) is 10.0 Å². The van der Waals surface area contributed by atoms with E-state index in [0.717, 1.165) is 41.3 Å². The highest BCUT2D eigenvalue weighted by atomic mass is 35.5. The Morgan fingerprint density at radius 1 is 1.26 bits per heavy atom. The Hall–Kier alpha value is -1.74. The summed E-state index contributed by atoms with van der Waals surface area (Å²) >= 11 is 7.05. The van der Waals surface area contributed by atoms with E-state index in [-0.39, 0.29) is 10.3 Å². The summed E-state index contributed by atoms with van der Waals surface area (Å²) in [4.78, 5) is 8.63. The van der Waals surface area contributed by atoms with Crippen LogP contribution in [0.1, 0.15) is 36.0 Å².